The average Bonchev–Trinajstić information content (AvgIpc) is 3.12. The zero-order chi connectivity index (χ0) is 17.5. The van der Waals surface area contributed by atoms with Crippen LogP contribution in [0.1, 0.15) is 11.9 Å². The van der Waals surface area contributed by atoms with Crippen LogP contribution in [-0.4, -0.2) is 17.6 Å². The first-order valence-corrected chi connectivity index (χ1v) is 8.90. The lowest BCUT2D eigenvalue weighted by molar-refractivity contribution is 0.251. The van der Waals surface area contributed by atoms with Crippen LogP contribution in [0.4, 0.5) is 10.5 Å². The van der Waals surface area contributed by atoms with Crippen LogP contribution in [0.5, 0.6) is 5.75 Å². The van der Waals surface area contributed by atoms with Crippen LogP contribution in [0.25, 0.3) is 11.3 Å². The summed E-state index contributed by atoms with van der Waals surface area (Å²) in [6.07, 6.45) is 0. The molecular weight excluding hydrogens is 334 g/mol. The molecule has 0 aliphatic rings. The van der Waals surface area contributed by atoms with E-state index in [0.717, 1.165) is 22.0 Å². The smallest absolute Gasteiger partial charge is 0.319 e. The third-order valence-electron chi connectivity index (χ3n) is 3.44. The number of rotatable bonds is 6. The van der Waals surface area contributed by atoms with Gasteiger partial charge in [0.15, 0.2) is 0 Å². The van der Waals surface area contributed by atoms with Gasteiger partial charge in [-0.2, -0.15) is 0 Å². The lowest BCUT2D eigenvalue weighted by Crippen LogP contribution is -2.28. The Morgan fingerprint density at radius 3 is 2.60 bits per heavy atom. The van der Waals surface area contributed by atoms with Crippen molar-refractivity contribution in [2.24, 2.45) is 0 Å². The van der Waals surface area contributed by atoms with Gasteiger partial charge < -0.3 is 15.4 Å². The summed E-state index contributed by atoms with van der Waals surface area (Å²) in [5, 5.41) is 8.47. The Hall–Kier alpha value is -2.86. The summed E-state index contributed by atoms with van der Waals surface area (Å²) < 4.78 is 5.37. The molecule has 0 saturated heterocycles. The number of hydrogen-bond donors (Lipinski definition) is 2. The number of aromatic nitrogens is 1. The molecule has 0 spiro atoms. The summed E-state index contributed by atoms with van der Waals surface area (Å²) in [7, 11) is 0. The van der Waals surface area contributed by atoms with Crippen molar-refractivity contribution in [2.75, 3.05) is 11.9 Å². The van der Waals surface area contributed by atoms with Crippen LogP contribution in [-0.2, 0) is 6.54 Å². The molecule has 0 aliphatic carbocycles. The second-order valence-electron chi connectivity index (χ2n) is 5.26. The number of nitrogens with one attached hydrogen (secondary N) is 2. The molecule has 0 radical (unpaired) electrons. The highest BCUT2D eigenvalue weighted by atomic mass is 32.1. The van der Waals surface area contributed by atoms with Gasteiger partial charge in [0.2, 0.25) is 0 Å². The fourth-order valence-electron chi connectivity index (χ4n) is 2.27. The van der Waals surface area contributed by atoms with E-state index in [4.69, 9.17) is 4.74 Å². The largest absolute Gasteiger partial charge is 0.494 e. The third-order valence-corrected chi connectivity index (χ3v) is 4.29. The minimum atomic E-state index is -0.263. The average molecular weight is 353 g/mol. The highest BCUT2D eigenvalue weighted by Crippen LogP contribution is 2.21. The summed E-state index contributed by atoms with van der Waals surface area (Å²) >= 11 is 1.53. The number of ether oxygens (including phenoxy) is 1. The molecule has 0 aliphatic heterocycles. The zero-order valence-corrected chi connectivity index (χ0v) is 14.7. The number of nitrogens with zero attached hydrogens (tertiary/aromatic N) is 1. The lowest BCUT2D eigenvalue weighted by atomic mass is 10.2. The van der Waals surface area contributed by atoms with Gasteiger partial charge in [-0.25, -0.2) is 9.78 Å². The predicted molar refractivity (Wildman–Crippen MR) is 101 cm³/mol. The quantitative estimate of drug-likeness (QED) is 0.684. The van der Waals surface area contributed by atoms with E-state index in [9.17, 15) is 4.79 Å². The van der Waals surface area contributed by atoms with Crippen LogP contribution in [0, 0.1) is 0 Å². The van der Waals surface area contributed by atoms with Crippen molar-refractivity contribution in [3.63, 3.8) is 0 Å². The van der Waals surface area contributed by atoms with Crippen molar-refractivity contribution >= 4 is 23.1 Å². The van der Waals surface area contributed by atoms with Gasteiger partial charge in [-0.3, -0.25) is 0 Å². The second-order valence-corrected chi connectivity index (χ2v) is 6.20. The number of hydrogen-bond acceptors (Lipinski definition) is 4. The summed E-state index contributed by atoms with van der Waals surface area (Å²) in [5.41, 5.74) is 2.71. The molecule has 6 heteroatoms. The topological polar surface area (TPSA) is 63.2 Å². The molecule has 0 bridgehead atoms. The fraction of sp³-hybridized carbons (Fsp3) is 0.158. The summed E-state index contributed by atoms with van der Waals surface area (Å²) in [5.74, 6) is 0.782. The van der Waals surface area contributed by atoms with Crippen molar-refractivity contribution in [2.45, 2.75) is 13.5 Å². The van der Waals surface area contributed by atoms with Crippen molar-refractivity contribution < 1.29 is 9.53 Å². The SMILES string of the molecule is CCOc1ccc(NC(=O)NCc2nc(-c3ccccc3)cs2)cc1. The molecule has 3 rings (SSSR count). The number of urea groups is 1. The third kappa shape index (κ3) is 4.81. The summed E-state index contributed by atoms with van der Waals surface area (Å²) in [6.45, 7) is 2.94. The standard InChI is InChI=1S/C19H19N3O2S/c1-2-24-16-10-8-15(9-11-16)21-19(23)20-12-18-22-17(13-25-18)14-6-4-3-5-7-14/h3-11,13H,2,12H2,1H3,(H2,20,21,23). The van der Waals surface area contributed by atoms with Crippen molar-refractivity contribution in [1.29, 1.82) is 0 Å². The lowest BCUT2D eigenvalue weighted by Gasteiger charge is -2.07. The van der Waals surface area contributed by atoms with E-state index < -0.39 is 0 Å². The first-order chi connectivity index (χ1) is 12.2. The molecule has 3 aromatic rings. The first-order valence-electron chi connectivity index (χ1n) is 8.02. The second kappa shape index (κ2) is 8.30. The number of carbonyl (C=O) groups is 1. The Kier molecular flexibility index (Phi) is 5.64. The van der Waals surface area contributed by atoms with Gasteiger partial charge in [0.05, 0.1) is 18.8 Å². The van der Waals surface area contributed by atoms with E-state index >= 15 is 0 Å². The Balaban J connectivity index is 1.51. The van der Waals surface area contributed by atoms with E-state index in [1.807, 2.05) is 66.9 Å². The highest BCUT2D eigenvalue weighted by molar-refractivity contribution is 7.09. The normalized spacial score (nSPS) is 10.3. The monoisotopic (exact) mass is 353 g/mol. The molecule has 0 saturated carbocycles. The molecule has 128 valence electrons. The van der Waals surface area contributed by atoms with Gasteiger partial charge >= 0.3 is 6.03 Å². The van der Waals surface area contributed by atoms with Crippen LogP contribution < -0.4 is 15.4 Å². The van der Waals surface area contributed by atoms with Crippen LogP contribution in [0.15, 0.2) is 60.0 Å². The molecule has 25 heavy (non-hydrogen) atoms. The number of amides is 2. The van der Waals surface area contributed by atoms with E-state index in [1.165, 1.54) is 11.3 Å². The van der Waals surface area contributed by atoms with Crippen LogP contribution in [0.2, 0.25) is 0 Å². The Labute approximate surface area is 150 Å². The first kappa shape index (κ1) is 17.0. The van der Waals surface area contributed by atoms with Crippen LogP contribution in [0.3, 0.4) is 0 Å². The number of anilines is 1. The molecule has 2 aromatic carbocycles. The van der Waals surface area contributed by atoms with Crippen molar-refractivity contribution in [3.8, 4) is 17.0 Å². The Bertz CT molecular complexity index is 816. The molecule has 5 nitrogen and oxygen atoms in total. The van der Waals surface area contributed by atoms with E-state index in [-0.39, 0.29) is 6.03 Å². The molecule has 0 unspecified atom stereocenters. The summed E-state index contributed by atoms with van der Waals surface area (Å²) in [6, 6.07) is 17.0. The van der Waals surface area contributed by atoms with E-state index in [1.54, 1.807) is 0 Å². The molecule has 1 aromatic heterocycles. The zero-order valence-electron chi connectivity index (χ0n) is 13.9. The molecule has 2 amide bonds. The van der Waals surface area contributed by atoms with E-state index in [2.05, 4.69) is 15.6 Å². The maximum Gasteiger partial charge on any atom is 0.319 e. The molecular formula is C19H19N3O2S. The fourth-order valence-corrected chi connectivity index (χ4v) is 3.01. The number of thiazole rings is 1. The van der Waals surface area contributed by atoms with Gasteiger partial charge in [-0.15, -0.1) is 11.3 Å². The Morgan fingerprint density at radius 2 is 1.88 bits per heavy atom. The maximum atomic E-state index is 12.0. The van der Waals surface area contributed by atoms with Crippen molar-refractivity contribution in [1.82, 2.24) is 10.3 Å². The minimum Gasteiger partial charge on any atom is -0.494 e. The highest BCUT2D eigenvalue weighted by Gasteiger charge is 2.06. The molecule has 0 atom stereocenters. The van der Waals surface area contributed by atoms with E-state index in [0.29, 0.717) is 18.8 Å². The van der Waals surface area contributed by atoms with Gasteiger partial charge in [0, 0.05) is 16.6 Å². The predicted octanol–water partition coefficient (Wildman–Crippen LogP) is 4.53. The minimum absolute atomic E-state index is 0.263. The van der Waals surface area contributed by atoms with Crippen LogP contribution >= 0.6 is 11.3 Å². The Morgan fingerprint density at radius 1 is 1.12 bits per heavy atom. The number of carbonyl (C=O) groups excluding carboxylic acids is 1. The van der Waals surface area contributed by atoms with Gasteiger partial charge in [0.1, 0.15) is 10.8 Å². The van der Waals surface area contributed by atoms with Gasteiger partial charge in [-0.05, 0) is 31.2 Å². The molecule has 0 fully saturated rings. The molecule has 1 heterocycles. The summed E-state index contributed by atoms with van der Waals surface area (Å²) in [4.78, 5) is 16.5. The van der Waals surface area contributed by atoms with Gasteiger partial charge in [-0.1, -0.05) is 30.3 Å². The maximum absolute atomic E-state index is 12.0. The number of benzene rings is 2. The molecule has 2 N–H and O–H groups in total. The van der Waals surface area contributed by atoms with Crippen molar-refractivity contribution in [3.05, 3.63) is 65.0 Å². The van der Waals surface area contributed by atoms with Gasteiger partial charge in [0.25, 0.3) is 0 Å².